The molecule has 0 unspecified atom stereocenters. The number of esters is 1. The van der Waals surface area contributed by atoms with Crippen LogP contribution >= 0.6 is 0 Å². The molecule has 0 saturated carbocycles. The van der Waals surface area contributed by atoms with Gasteiger partial charge in [0.05, 0.1) is 18.6 Å². The highest BCUT2D eigenvalue weighted by Crippen LogP contribution is 2.39. The Bertz CT molecular complexity index is 264. The first-order valence-electron chi connectivity index (χ1n) is 6.27. The Labute approximate surface area is 107 Å². The molecule has 0 fully saturated rings. The van der Waals surface area contributed by atoms with Gasteiger partial charge in [-0.25, -0.2) is 0 Å². The summed E-state index contributed by atoms with van der Waals surface area (Å²) in [6.45, 7) is 17.1. The van der Waals surface area contributed by atoms with E-state index in [9.17, 15) is 4.79 Å². The van der Waals surface area contributed by atoms with E-state index in [1.807, 2.05) is 20.8 Å². The maximum atomic E-state index is 11.5. The molecular formula is C13H28O3Si. The van der Waals surface area contributed by atoms with Crippen LogP contribution in [-0.2, 0) is 14.0 Å². The van der Waals surface area contributed by atoms with Gasteiger partial charge in [-0.05, 0) is 38.9 Å². The van der Waals surface area contributed by atoms with Crippen LogP contribution in [0.5, 0.6) is 0 Å². The summed E-state index contributed by atoms with van der Waals surface area (Å²) in [5.74, 6) is -0.184. The predicted molar refractivity (Wildman–Crippen MR) is 73.6 cm³/mol. The number of carbonyl (C=O) groups is 1. The van der Waals surface area contributed by atoms with Gasteiger partial charge in [0.25, 0.3) is 0 Å². The molecule has 0 radical (unpaired) electrons. The third kappa shape index (κ3) is 5.68. The van der Waals surface area contributed by atoms with Gasteiger partial charge in [0.15, 0.2) is 8.32 Å². The highest BCUT2D eigenvalue weighted by molar-refractivity contribution is 6.74. The molecule has 102 valence electrons. The van der Waals surface area contributed by atoms with Gasteiger partial charge in [-0.3, -0.25) is 4.79 Å². The summed E-state index contributed by atoms with van der Waals surface area (Å²) in [4.78, 5) is 11.5. The van der Waals surface area contributed by atoms with E-state index in [0.29, 0.717) is 13.0 Å². The Balaban J connectivity index is 4.59. The Morgan fingerprint density at radius 3 is 1.94 bits per heavy atom. The minimum Gasteiger partial charge on any atom is -0.466 e. The van der Waals surface area contributed by atoms with Crippen molar-refractivity contribution in [1.29, 1.82) is 0 Å². The summed E-state index contributed by atoms with van der Waals surface area (Å²) in [5, 5.41) is 0.152. The molecule has 0 saturated heterocycles. The van der Waals surface area contributed by atoms with Crippen molar-refractivity contribution in [3.8, 4) is 0 Å². The Morgan fingerprint density at radius 1 is 1.12 bits per heavy atom. The number of rotatable bonds is 5. The van der Waals surface area contributed by atoms with Gasteiger partial charge in [0.2, 0.25) is 0 Å². The van der Waals surface area contributed by atoms with Gasteiger partial charge in [-0.1, -0.05) is 20.8 Å². The molecule has 0 aromatic heterocycles. The van der Waals surface area contributed by atoms with Gasteiger partial charge in [0.1, 0.15) is 0 Å². The first kappa shape index (κ1) is 16.6. The average molecular weight is 260 g/mol. The number of hydrogen-bond donors (Lipinski definition) is 0. The van der Waals surface area contributed by atoms with Crippen molar-refractivity contribution in [1.82, 2.24) is 0 Å². The van der Waals surface area contributed by atoms with E-state index in [1.54, 1.807) is 0 Å². The zero-order chi connectivity index (χ0) is 13.9. The van der Waals surface area contributed by atoms with E-state index < -0.39 is 13.9 Å². The van der Waals surface area contributed by atoms with E-state index in [-0.39, 0.29) is 11.0 Å². The van der Waals surface area contributed by atoms with Crippen molar-refractivity contribution >= 4 is 14.3 Å². The summed E-state index contributed by atoms with van der Waals surface area (Å²) in [5.41, 5.74) is -0.449. The van der Waals surface area contributed by atoms with Crippen molar-refractivity contribution in [3.05, 3.63) is 0 Å². The van der Waals surface area contributed by atoms with Crippen molar-refractivity contribution in [2.45, 2.75) is 71.7 Å². The molecule has 0 aliphatic heterocycles. The second-order valence-corrected chi connectivity index (χ2v) is 11.3. The van der Waals surface area contributed by atoms with Crippen LogP contribution in [-0.4, -0.2) is 26.5 Å². The SMILES string of the molecule is CCOC(=O)CC(C)(C)O[Si](C)(C)C(C)(C)C. The van der Waals surface area contributed by atoms with E-state index in [0.717, 1.165) is 0 Å². The van der Waals surface area contributed by atoms with Crippen LogP contribution in [0.1, 0.15) is 48.0 Å². The lowest BCUT2D eigenvalue weighted by Crippen LogP contribution is -2.48. The van der Waals surface area contributed by atoms with Crippen molar-refractivity contribution in [2.24, 2.45) is 0 Å². The standard InChI is InChI=1S/C13H28O3Si/c1-9-15-11(14)10-13(5,6)16-17(7,8)12(2,3)4/h9-10H2,1-8H3. The van der Waals surface area contributed by atoms with Crippen LogP contribution in [0.15, 0.2) is 0 Å². The van der Waals surface area contributed by atoms with Crippen LogP contribution in [0, 0.1) is 0 Å². The van der Waals surface area contributed by atoms with Gasteiger partial charge in [-0.15, -0.1) is 0 Å². The molecular weight excluding hydrogens is 232 g/mol. The molecule has 0 aromatic rings. The van der Waals surface area contributed by atoms with E-state index >= 15 is 0 Å². The molecule has 0 atom stereocenters. The Hall–Kier alpha value is -0.353. The lowest BCUT2D eigenvalue weighted by Gasteiger charge is -2.42. The zero-order valence-electron chi connectivity index (χ0n) is 12.6. The van der Waals surface area contributed by atoms with E-state index in [1.165, 1.54) is 0 Å². The summed E-state index contributed by atoms with van der Waals surface area (Å²) >= 11 is 0. The van der Waals surface area contributed by atoms with Crippen LogP contribution < -0.4 is 0 Å². The quantitative estimate of drug-likeness (QED) is 0.558. The molecule has 0 spiro atoms. The van der Waals surface area contributed by atoms with Crippen molar-refractivity contribution < 1.29 is 14.0 Å². The molecule has 0 amide bonds. The average Bonchev–Trinajstić information content (AvgIpc) is 1.97. The van der Waals surface area contributed by atoms with Crippen LogP contribution in [0.4, 0.5) is 0 Å². The molecule has 0 bridgehead atoms. The molecule has 0 rings (SSSR count). The van der Waals surface area contributed by atoms with Gasteiger partial charge in [0, 0.05) is 0 Å². The fourth-order valence-electron chi connectivity index (χ4n) is 1.44. The highest BCUT2D eigenvalue weighted by Gasteiger charge is 2.42. The van der Waals surface area contributed by atoms with Gasteiger partial charge in [-0.2, -0.15) is 0 Å². The second kappa shape index (κ2) is 5.53. The molecule has 0 heterocycles. The fourth-order valence-corrected chi connectivity index (χ4v) is 3.20. The smallest absolute Gasteiger partial charge is 0.308 e. The summed E-state index contributed by atoms with van der Waals surface area (Å²) in [6, 6.07) is 0. The molecule has 0 aliphatic rings. The number of ether oxygens (including phenoxy) is 1. The maximum absolute atomic E-state index is 11.5. The molecule has 0 aliphatic carbocycles. The van der Waals surface area contributed by atoms with Gasteiger partial charge >= 0.3 is 5.97 Å². The molecule has 17 heavy (non-hydrogen) atoms. The van der Waals surface area contributed by atoms with Gasteiger partial charge < -0.3 is 9.16 Å². The molecule has 0 N–H and O–H groups in total. The first-order chi connectivity index (χ1) is 7.41. The van der Waals surface area contributed by atoms with Crippen LogP contribution in [0.2, 0.25) is 18.1 Å². The highest BCUT2D eigenvalue weighted by atomic mass is 28.4. The maximum Gasteiger partial charge on any atom is 0.308 e. The normalized spacial score (nSPS) is 13.6. The lowest BCUT2D eigenvalue weighted by atomic mass is 10.1. The molecule has 4 heteroatoms. The second-order valence-electron chi connectivity index (χ2n) is 6.60. The van der Waals surface area contributed by atoms with Crippen LogP contribution in [0.3, 0.4) is 0 Å². The van der Waals surface area contributed by atoms with Crippen molar-refractivity contribution in [3.63, 3.8) is 0 Å². The molecule has 3 nitrogen and oxygen atoms in total. The monoisotopic (exact) mass is 260 g/mol. The molecule has 0 aromatic carbocycles. The lowest BCUT2D eigenvalue weighted by molar-refractivity contribution is -0.147. The third-order valence-corrected chi connectivity index (χ3v) is 7.89. The number of hydrogen-bond acceptors (Lipinski definition) is 3. The largest absolute Gasteiger partial charge is 0.466 e. The topological polar surface area (TPSA) is 35.5 Å². The Kier molecular flexibility index (Phi) is 5.41. The summed E-state index contributed by atoms with van der Waals surface area (Å²) in [6.07, 6.45) is 0.313. The summed E-state index contributed by atoms with van der Waals surface area (Å²) < 4.78 is 11.2. The predicted octanol–water partition coefficient (Wildman–Crippen LogP) is 3.74. The number of carbonyl (C=O) groups excluding carboxylic acids is 1. The van der Waals surface area contributed by atoms with Crippen LogP contribution in [0.25, 0.3) is 0 Å². The van der Waals surface area contributed by atoms with Crippen molar-refractivity contribution in [2.75, 3.05) is 6.61 Å². The van der Waals surface area contributed by atoms with E-state index in [2.05, 4.69) is 33.9 Å². The third-order valence-electron chi connectivity index (χ3n) is 3.21. The minimum absolute atomic E-state index is 0.152. The minimum atomic E-state index is -1.84. The fraction of sp³-hybridized carbons (Fsp3) is 0.923. The Morgan fingerprint density at radius 2 is 1.59 bits per heavy atom. The first-order valence-corrected chi connectivity index (χ1v) is 9.18. The van der Waals surface area contributed by atoms with E-state index in [4.69, 9.17) is 9.16 Å². The zero-order valence-corrected chi connectivity index (χ0v) is 13.6. The summed E-state index contributed by atoms with van der Waals surface area (Å²) in [7, 11) is -1.84.